The van der Waals surface area contributed by atoms with Crippen LogP contribution in [0.5, 0.6) is 0 Å². The van der Waals surface area contributed by atoms with Crippen molar-refractivity contribution in [3.05, 3.63) is 48.0 Å². The van der Waals surface area contributed by atoms with E-state index in [1.54, 1.807) is 13.8 Å². The van der Waals surface area contributed by atoms with Crippen molar-refractivity contribution in [3.63, 3.8) is 0 Å². The van der Waals surface area contributed by atoms with Crippen molar-refractivity contribution in [2.45, 2.75) is 25.9 Å². The summed E-state index contributed by atoms with van der Waals surface area (Å²) in [4.78, 5) is 16.5. The summed E-state index contributed by atoms with van der Waals surface area (Å²) in [6.07, 6.45) is 0. The fourth-order valence-corrected chi connectivity index (χ4v) is 3.19. The molecular weight excluding hydrogens is 286 g/mol. The molecule has 1 amide bonds. The molecule has 2 N–H and O–H groups in total. The molecule has 0 spiro atoms. The van der Waals surface area contributed by atoms with Gasteiger partial charge in [-0.2, -0.15) is 0 Å². The lowest BCUT2D eigenvalue weighted by Crippen LogP contribution is -2.56. The van der Waals surface area contributed by atoms with Crippen LogP contribution in [0, 0.1) is 0 Å². The molecule has 2 aromatic carbocycles. The molecule has 1 fully saturated rings. The maximum atomic E-state index is 12.2. The number of carbonyl (C=O) groups is 1. The number of fused-ring (bicyclic) bond motifs is 1. The Kier molecular flexibility index (Phi) is 4.37. The van der Waals surface area contributed by atoms with E-state index in [4.69, 9.17) is 5.73 Å². The van der Waals surface area contributed by atoms with E-state index in [0.29, 0.717) is 0 Å². The number of hydrogen-bond acceptors (Lipinski definition) is 3. The Hall–Kier alpha value is -1.91. The van der Waals surface area contributed by atoms with Gasteiger partial charge in [-0.25, -0.2) is 0 Å². The molecule has 0 bridgehead atoms. The number of piperazine rings is 1. The summed E-state index contributed by atoms with van der Waals surface area (Å²) in [6.45, 7) is 7.77. The molecule has 0 saturated carbocycles. The highest BCUT2D eigenvalue weighted by atomic mass is 16.2. The smallest absolute Gasteiger partial charge is 0.242 e. The Bertz CT molecular complexity index is 692. The third kappa shape index (κ3) is 3.54. The highest BCUT2D eigenvalue weighted by Crippen LogP contribution is 2.20. The lowest BCUT2D eigenvalue weighted by molar-refractivity contribution is -0.137. The third-order valence-corrected chi connectivity index (χ3v) is 4.48. The fraction of sp³-hybridized carbons (Fsp3) is 0.421. The normalized spacial score (nSPS) is 16.7. The van der Waals surface area contributed by atoms with E-state index in [2.05, 4.69) is 47.4 Å². The third-order valence-electron chi connectivity index (χ3n) is 4.48. The SMILES string of the molecule is CC(C)(N)C(=O)N1CCN(Cc2cccc3ccccc23)CC1. The molecular formula is C19H25N3O. The maximum absolute atomic E-state index is 12.2. The van der Waals surface area contributed by atoms with Crippen LogP contribution in [0.2, 0.25) is 0 Å². The van der Waals surface area contributed by atoms with Crippen molar-refractivity contribution in [2.75, 3.05) is 26.2 Å². The molecule has 23 heavy (non-hydrogen) atoms. The Balaban J connectivity index is 1.66. The van der Waals surface area contributed by atoms with Gasteiger partial charge in [0, 0.05) is 32.7 Å². The summed E-state index contributed by atoms with van der Waals surface area (Å²) in [6, 6.07) is 15.0. The zero-order chi connectivity index (χ0) is 16.4. The van der Waals surface area contributed by atoms with Gasteiger partial charge < -0.3 is 10.6 Å². The Morgan fingerprint density at radius 3 is 2.39 bits per heavy atom. The van der Waals surface area contributed by atoms with Crippen molar-refractivity contribution in [3.8, 4) is 0 Å². The quantitative estimate of drug-likeness (QED) is 0.945. The van der Waals surface area contributed by atoms with E-state index in [1.807, 2.05) is 4.90 Å². The minimum atomic E-state index is -0.780. The fourth-order valence-electron chi connectivity index (χ4n) is 3.19. The molecule has 0 atom stereocenters. The average Bonchev–Trinajstić information content (AvgIpc) is 2.54. The lowest BCUT2D eigenvalue weighted by Gasteiger charge is -2.37. The first-order valence-corrected chi connectivity index (χ1v) is 8.22. The van der Waals surface area contributed by atoms with Crippen molar-refractivity contribution < 1.29 is 4.79 Å². The number of nitrogens with zero attached hydrogens (tertiary/aromatic N) is 2. The molecule has 0 radical (unpaired) electrons. The summed E-state index contributed by atoms with van der Waals surface area (Å²) < 4.78 is 0. The van der Waals surface area contributed by atoms with Crippen LogP contribution in [0.1, 0.15) is 19.4 Å². The molecule has 1 aliphatic heterocycles. The lowest BCUT2D eigenvalue weighted by atomic mass is 10.0. The van der Waals surface area contributed by atoms with Crippen molar-refractivity contribution in [2.24, 2.45) is 5.73 Å². The standard InChI is InChI=1S/C19H25N3O/c1-19(2,20)18(23)22-12-10-21(11-13-22)14-16-8-5-7-15-6-3-4-9-17(15)16/h3-9H,10-14,20H2,1-2H3. The average molecular weight is 311 g/mol. The highest BCUT2D eigenvalue weighted by molar-refractivity contribution is 5.86. The monoisotopic (exact) mass is 311 g/mol. The van der Waals surface area contributed by atoms with Gasteiger partial charge in [0.1, 0.15) is 0 Å². The van der Waals surface area contributed by atoms with Gasteiger partial charge in [0.2, 0.25) is 5.91 Å². The van der Waals surface area contributed by atoms with Gasteiger partial charge in [0.05, 0.1) is 5.54 Å². The van der Waals surface area contributed by atoms with Crippen molar-refractivity contribution in [1.82, 2.24) is 9.80 Å². The first kappa shape index (κ1) is 16.0. The molecule has 1 saturated heterocycles. The van der Waals surface area contributed by atoms with Crippen LogP contribution >= 0.6 is 0 Å². The first-order chi connectivity index (χ1) is 10.9. The van der Waals surface area contributed by atoms with Gasteiger partial charge in [0.15, 0.2) is 0 Å². The Labute approximate surface area is 137 Å². The molecule has 3 rings (SSSR count). The molecule has 0 aliphatic carbocycles. The van der Waals surface area contributed by atoms with Crippen LogP contribution < -0.4 is 5.73 Å². The van der Waals surface area contributed by atoms with E-state index in [1.165, 1.54) is 16.3 Å². The summed E-state index contributed by atoms with van der Waals surface area (Å²) in [7, 11) is 0. The number of benzene rings is 2. The van der Waals surface area contributed by atoms with Gasteiger partial charge in [-0.05, 0) is 30.2 Å². The van der Waals surface area contributed by atoms with E-state index in [0.717, 1.165) is 32.7 Å². The second-order valence-corrected chi connectivity index (χ2v) is 6.93. The van der Waals surface area contributed by atoms with Crippen molar-refractivity contribution in [1.29, 1.82) is 0 Å². The number of rotatable bonds is 3. The van der Waals surface area contributed by atoms with Gasteiger partial charge in [0.25, 0.3) is 0 Å². The van der Waals surface area contributed by atoms with Crippen LogP contribution in [-0.4, -0.2) is 47.4 Å². The largest absolute Gasteiger partial charge is 0.339 e. The minimum Gasteiger partial charge on any atom is -0.339 e. The van der Waals surface area contributed by atoms with Gasteiger partial charge in [-0.3, -0.25) is 9.69 Å². The predicted octanol–water partition coefficient (Wildman–Crippen LogP) is 2.22. The Morgan fingerprint density at radius 2 is 1.70 bits per heavy atom. The van der Waals surface area contributed by atoms with E-state index in [9.17, 15) is 4.79 Å². The number of amides is 1. The molecule has 0 aromatic heterocycles. The minimum absolute atomic E-state index is 0.0438. The van der Waals surface area contributed by atoms with Crippen LogP contribution in [0.25, 0.3) is 10.8 Å². The number of hydrogen-bond donors (Lipinski definition) is 1. The second kappa shape index (κ2) is 6.30. The molecule has 1 aliphatic rings. The van der Waals surface area contributed by atoms with Crippen molar-refractivity contribution >= 4 is 16.7 Å². The summed E-state index contributed by atoms with van der Waals surface area (Å²) in [5.41, 5.74) is 6.49. The van der Waals surface area contributed by atoms with Gasteiger partial charge in [-0.15, -0.1) is 0 Å². The summed E-state index contributed by atoms with van der Waals surface area (Å²) in [5.74, 6) is 0.0438. The Morgan fingerprint density at radius 1 is 1.04 bits per heavy atom. The zero-order valence-corrected chi connectivity index (χ0v) is 14.0. The van der Waals surface area contributed by atoms with Crippen LogP contribution in [-0.2, 0) is 11.3 Å². The van der Waals surface area contributed by atoms with E-state index < -0.39 is 5.54 Å². The van der Waals surface area contributed by atoms with E-state index >= 15 is 0 Å². The van der Waals surface area contributed by atoms with Gasteiger partial charge in [-0.1, -0.05) is 42.5 Å². The number of carbonyl (C=O) groups excluding carboxylic acids is 1. The molecule has 1 heterocycles. The second-order valence-electron chi connectivity index (χ2n) is 6.93. The molecule has 2 aromatic rings. The molecule has 4 heteroatoms. The molecule has 122 valence electrons. The van der Waals surface area contributed by atoms with Crippen LogP contribution in [0.4, 0.5) is 0 Å². The first-order valence-electron chi connectivity index (χ1n) is 8.22. The zero-order valence-electron chi connectivity index (χ0n) is 14.0. The molecule has 0 unspecified atom stereocenters. The van der Waals surface area contributed by atoms with Crippen LogP contribution in [0.3, 0.4) is 0 Å². The summed E-state index contributed by atoms with van der Waals surface area (Å²) in [5, 5.41) is 2.60. The topological polar surface area (TPSA) is 49.6 Å². The highest BCUT2D eigenvalue weighted by Gasteiger charge is 2.30. The number of nitrogens with two attached hydrogens (primary N) is 1. The van der Waals surface area contributed by atoms with Crippen LogP contribution in [0.15, 0.2) is 42.5 Å². The predicted molar refractivity (Wildman–Crippen MR) is 94.1 cm³/mol. The summed E-state index contributed by atoms with van der Waals surface area (Å²) >= 11 is 0. The van der Waals surface area contributed by atoms with E-state index in [-0.39, 0.29) is 5.91 Å². The van der Waals surface area contributed by atoms with Gasteiger partial charge >= 0.3 is 0 Å². The molecule has 4 nitrogen and oxygen atoms in total. The maximum Gasteiger partial charge on any atom is 0.242 e.